The van der Waals surface area contributed by atoms with Crippen molar-refractivity contribution in [2.75, 3.05) is 7.11 Å². The van der Waals surface area contributed by atoms with Gasteiger partial charge in [-0.05, 0) is 36.6 Å². The number of pyridine rings is 1. The summed E-state index contributed by atoms with van der Waals surface area (Å²) in [6.45, 7) is 0. The maximum atomic E-state index is 11.0. The molecule has 5 nitrogen and oxygen atoms in total. The Balaban J connectivity index is 1.75. The van der Waals surface area contributed by atoms with E-state index in [2.05, 4.69) is 0 Å². The van der Waals surface area contributed by atoms with Crippen molar-refractivity contribution in [1.82, 2.24) is 9.71 Å². The number of benzene rings is 2. The van der Waals surface area contributed by atoms with Gasteiger partial charge in [0.25, 0.3) is 0 Å². The summed E-state index contributed by atoms with van der Waals surface area (Å²) in [5.74, 6) is 0.801. The monoisotopic (exact) mass is 360 g/mol. The number of hydrogen-bond acceptors (Lipinski definition) is 4. The Labute approximate surface area is 156 Å². The fourth-order valence-electron chi connectivity index (χ4n) is 4.20. The van der Waals surface area contributed by atoms with Gasteiger partial charge >= 0.3 is 0 Å². The van der Waals surface area contributed by atoms with Crippen LogP contribution < -0.4 is 4.74 Å². The lowest BCUT2D eigenvalue weighted by atomic mass is 9.96. The third-order valence-electron chi connectivity index (χ3n) is 5.53. The average Bonchev–Trinajstić information content (AvgIpc) is 3.26. The molecule has 1 unspecified atom stereocenters. The van der Waals surface area contributed by atoms with Crippen LogP contribution in [0.1, 0.15) is 35.0 Å². The first-order chi connectivity index (χ1) is 13.2. The van der Waals surface area contributed by atoms with Gasteiger partial charge in [0.05, 0.1) is 35.8 Å². The summed E-state index contributed by atoms with van der Waals surface area (Å²) >= 11 is 0. The molecule has 0 spiro atoms. The molecule has 27 heavy (non-hydrogen) atoms. The van der Waals surface area contributed by atoms with Gasteiger partial charge in [-0.25, -0.2) is 4.98 Å². The van der Waals surface area contributed by atoms with E-state index in [0.29, 0.717) is 19.3 Å². The van der Waals surface area contributed by atoms with Crippen LogP contribution in [-0.2, 0) is 12.8 Å². The summed E-state index contributed by atoms with van der Waals surface area (Å²) in [7, 11) is 1.64. The van der Waals surface area contributed by atoms with Gasteiger partial charge in [-0.2, -0.15) is 4.73 Å². The Morgan fingerprint density at radius 3 is 2.70 bits per heavy atom. The second-order valence-electron chi connectivity index (χ2n) is 7.05. The Hall–Kier alpha value is -3.05. The molecule has 2 aromatic rings. The maximum absolute atomic E-state index is 11.0. The molecule has 2 aliphatic heterocycles. The van der Waals surface area contributed by atoms with Gasteiger partial charge in [0.15, 0.2) is 0 Å². The fourth-order valence-corrected chi connectivity index (χ4v) is 4.20. The van der Waals surface area contributed by atoms with Crippen molar-refractivity contribution in [3.8, 4) is 17.0 Å². The zero-order valence-corrected chi connectivity index (χ0v) is 15.0. The molecule has 0 saturated heterocycles. The van der Waals surface area contributed by atoms with E-state index in [1.54, 1.807) is 7.11 Å². The minimum Gasteiger partial charge on any atom is -0.497 e. The topological polar surface area (TPSA) is 67.5 Å². The van der Waals surface area contributed by atoms with E-state index in [9.17, 15) is 10.3 Å². The highest BCUT2D eigenvalue weighted by Crippen LogP contribution is 2.45. The minimum absolute atomic E-state index is 0.545. The molecule has 1 atom stereocenters. The largest absolute Gasteiger partial charge is 0.497 e. The number of aromatic nitrogens is 2. The van der Waals surface area contributed by atoms with Gasteiger partial charge < -0.3 is 15.1 Å². The molecular formula is C22H20N2O3. The predicted molar refractivity (Wildman–Crippen MR) is 103 cm³/mol. The van der Waals surface area contributed by atoms with Crippen LogP contribution in [0, 0.1) is 0 Å². The first-order valence-electron chi connectivity index (χ1n) is 9.12. The van der Waals surface area contributed by atoms with Gasteiger partial charge in [-0.15, -0.1) is 0 Å². The molecule has 1 aliphatic carbocycles. The Kier molecular flexibility index (Phi) is 3.58. The van der Waals surface area contributed by atoms with Crippen LogP contribution in [0.2, 0.25) is 0 Å². The number of aliphatic hydroxyl groups is 1. The SMILES string of the molecule is COc1ccc(Cc2c3nc4ccccc4c-3c3c(n2O)CCC3O)cc1. The van der Waals surface area contributed by atoms with Crippen molar-refractivity contribution in [1.29, 1.82) is 0 Å². The number of rotatable bonds is 3. The number of hydrogen-bond donors (Lipinski definition) is 2. The number of methoxy groups -OCH3 is 1. The molecule has 0 aromatic heterocycles. The van der Waals surface area contributed by atoms with Gasteiger partial charge in [0, 0.05) is 22.9 Å². The Bertz CT molecular complexity index is 1110. The van der Waals surface area contributed by atoms with E-state index in [1.807, 2.05) is 48.5 Å². The zero-order chi connectivity index (χ0) is 18.5. The van der Waals surface area contributed by atoms with Crippen molar-refractivity contribution < 1.29 is 15.1 Å². The number of fused-ring (bicyclic) bond motifs is 5. The molecule has 2 N–H and O–H groups in total. The van der Waals surface area contributed by atoms with Gasteiger partial charge in [-0.1, -0.05) is 30.3 Å². The quantitative estimate of drug-likeness (QED) is 0.543. The van der Waals surface area contributed by atoms with E-state index in [-0.39, 0.29) is 0 Å². The van der Waals surface area contributed by atoms with Crippen LogP contribution in [0.3, 0.4) is 0 Å². The molecule has 0 radical (unpaired) electrons. The van der Waals surface area contributed by atoms with E-state index >= 15 is 0 Å². The molecule has 5 rings (SSSR count). The predicted octanol–water partition coefficient (Wildman–Crippen LogP) is 3.96. The van der Waals surface area contributed by atoms with Crippen LogP contribution in [-0.4, -0.2) is 27.1 Å². The first-order valence-corrected chi connectivity index (χ1v) is 9.12. The second kappa shape index (κ2) is 5.99. The van der Waals surface area contributed by atoms with E-state index in [4.69, 9.17) is 9.72 Å². The lowest BCUT2D eigenvalue weighted by Gasteiger charge is -2.19. The highest BCUT2D eigenvalue weighted by molar-refractivity contribution is 6.00. The van der Waals surface area contributed by atoms with Crippen LogP contribution in [0.5, 0.6) is 5.75 Å². The normalized spacial score (nSPS) is 16.1. The standard InChI is InChI=1S/C22H20N2O3/c1-27-14-8-6-13(7-9-14)12-18-22-20(15-4-2-3-5-16(15)23-22)21-17(24(18)26)10-11-19(21)25/h2-9,19,25-26H,10-12H2,1H3. The molecule has 5 heteroatoms. The lowest BCUT2D eigenvalue weighted by molar-refractivity contribution is 0.166. The minimum atomic E-state index is -0.566. The van der Waals surface area contributed by atoms with E-state index in [1.165, 1.54) is 4.73 Å². The molecular weight excluding hydrogens is 340 g/mol. The average molecular weight is 360 g/mol. The van der Waals surface area contributed by atoms with Crippen LogP contribution in [0.4, 0.5) is 0 Å². The summed E-state index contributed by atoms with van der Waals surface area (Å²) in [5.41, 5.74) is 6.03. The third kappa shape index (κ3) is 2.39. The maximum Gasteiger partial charge on any atom is 0.118 e. The number of nitrogens with zero attached hydrogens (tertiary/aromatic N) is 2. The molecule has 136 valence electrons. The summed E-state index contributed by atoms with van der Waals surface area (Å²) in [5, 5.41) is 22.5. The fraction of sp³-hybridized carbons (Fsp3) is 0.227. The smallest absolute Gasteiger partial charge is 0.118 e. The lowest BCUT2D eigenvalue weighted by Crippen LogP contribution is -2.13. The van der Waals surface area contributed by atoms with Crippen LogP contribution in [0.25, 0.3) is 22.2 Å². The number of para-hydroxylation sites is 1. The van der Waals surface area contributed by atoms with Gasteiger partial charge in [0.2, 0.25) is 0 Å². The second-order valence-corrected chi connectivity index (χ2v) is 7.05. The van der Waals surface area contributed by atoms with Crippen LogP contribution in [0.15, 0.2) is 48.5 Å². The van der Waals surface area contributed by atoms with Crippen molar-refractivity contribution in [3.05, 3.63) is 71.0 Å². The van der Waals surface area contributed by atoms with Crippen molar-refractivity contribution >= 4 is 10.9 Å². The molecule has 0 saturated carbocycles. The molecule has 2 aromatic carbocycles. The van der Waals surface area contributed by atoms with Crippen molar-refractivity contribution in [3.63, 3.8) is 0 Å². The summed E-state index contributed by atoms with van der Waals surface area (Å²) in [6.07, 6.45) is 1.25. The molecule has 0 bridgehead atoms. The highest BCUT2D eigenvalue weighted by atomic mass is 16.5. The number of ether oxygens (including phenoxy) is 1. The number of aliphatic hydroxyl groups excluding tert-OH is 1. The third-order valence-corrected chi connectivity index (χ3v) is 5.53. The van der Waals surface area contributed by atoms with Crippen molar-refractivity contribution in [2.24, 2.45) is 0 Å². The Morgan fingerprint density at radius 1 is 1.15 bits per heavy atom. The van der Waals surface area contributed by atoms with Crippen molar-refractivity contribution in [2.45, 2.75) is 25.4 Å². The van der Waals surface area contributed by atoms with E-state index < -0.39 is 6.10 Å². The van der Waals surface area contributed by atoms with Gasteiger partial charge in [-0.3, -0.25) is 0 Å². The summed E-state index contributed by atoms with van der Waals surface area (Å²) in [4.78, 5) is 4.80. The first kappa shape index (κ1) is 16.1. The van der Waals surface area contributed by atoms with Crippen LogP contribution >= 0.6 is 0 Å². The zero-order valence-electron chi connectivity index (χ0n) is 15.0. The van der Waals surface area contributed by atoms with Gasteiger partial charge in [0.1, 0.15) is 5.75 Å². The summed E-state index contributed by atoms with van der Waals surface area (Å²) in [6, 6.07) is 15.8. The molecule has 0 amide bonds. The summed E-state index contributed by atoms with van der Waals surface area (Å²) < 4.78 is 6.48. The Morgan fingerprint density at radius 2 is 1.93 bits per heavy atom. The van der Waals surface area contributed by atoms with E-state index in [0.717, 1.165) is 50.4 Å². The highest BCUT2D eigenvalue weighted by Gasteiger charge is 2.33. The molecule has 0 fully saturated rings. The molecule has 3 aliphatic rings. The molecule has 2 heterocycles.